The van der Waals surface area contributed by atoms with Crippen LogP contribution in [0.1, 0.15) is 0 Å². The van der Waals surface area contributed by atoms with Gasteiger partial charge in [-0.15, -0.1) is 0 Å². The predicted octanol–water partition coefficient (Wildman–Crippen LogP) is 5.51. The van der Waals surface area contributed by atoms with Crippen molar-refractivity contribution >= 4 is 29.6 Å². The van der Waals surface area contributed by atoms with E-state index in [0.29, 0.717) is 0 Å². The minimum Gasteiger partial charge on any atom is -0.241 e. The highest BCUT2D eigenvalue weighted by Crippen LogP contribution is 2.56. The van der Waals surface area contributed by atoms with Crippen molar-refractivity contribution in [1.29, 1.82) is 0 Å². The molecule has 25 heavy (non-hydrogen) atoms. The second-order valence-corrected chi connectivity index (χ2v) is 9.75. The highest BCUT2D eigenvalue weighted by atomic mass is 35.7. The van der Waals surface area contributed by atoms with Crippen LogP contribution in [-0.2, 0) is 0 Å². The topological polar surface area (TPSA) is 0 Å². The van der Waals surface area contributed by atoms with Gasteiger partial charge in [-0.2, -0.15) is 57.3 Å². The van der Waals surface area contributed by atoms with Crippen molar-refractivity contribution in [2.75, 3.05) is 0 Å². The first-order valence-electron chi connectivity index (χ1n) is 5.85. The zero-order valence-electron chi connectivity index (χ0n) is 11.3. The van der Waals surface area contributed by atoms with Crippen LogP contribution in [0.25, 0.3) is 0 Å². The van der Waals surface area contributed by atoms with E-state index in [1.807, 2.05) is 0 Å². The van der Waals surface area contributed by atoms with E-state index in [1.165, 1.54) is 0 Å². The quantitative estimate of drug-likeness (QED) is 0.242. The molecule has 0 aliphatic heterocycles. The summed E-state index contributed by atoms with van der Waals surface area (Å²) in [5.74, 6) is -28.3. The Balaban J connectivity index is 5.93. The Hall–Kier alpha value is -0.113. The molecule has 3 unspecified atom stereocenters. The molecule has 0 spiro atoms. The van der Waals surface area contributed by atoms with Gasteiger partial charge in [0.05, 0.1) is 0 Å². The van der Waals surface area contributed by atoms with Crippen LogP contribution in [-0.4, -0.2) is 56.0 Å². The standard InChI is InChI=1S/C9H7Cl2F13Si/c10-25(11)1-2(12)6(17,18)8(21,22)9(23,24)7(19,20)4(14)3(13)5(15)16/h2-5,25H,1H2. The van der Waals surface area contributed by atoms with Crippen molar-refractivity contribution in [3.05, 3.63) is 0 Å². The van der Waals surface area contributed by atoms with E-state index in [-0.39, 0.29) is 0 Å². The fraction of sp³-hybridized carbons (Fsp3) is 1.00. The molecule has 152 valence electrons. The Bertz CT molecular complexity index is 443. The number of hydrogen-bond acceptors (Lipinski definition) is 0. The normalized spacial score (nSPS) is 18.6. The molecular formula is C9H7Cl2F13Si. The molecule has 0 saturated heterocycles. The van der Waals surface area contributed by atoms with Crippen molar-refractivity contribution in [2.24, 2.45) is 0 Å². The Morgan fingerprint density at radius 2 is 1.04 bits per heavy atom. The lowest BCUT2D eigenvalue weighted by Crippen LogP contribution is -2.68. The molecule has 0 saturated carbocycles. The van der Waals surface area contributed by atoms with Crippen LogP contribution in [0, 0.1) is 0 Å². The molecule has 0 aromatic rings. The maximum atomic E-state index is 13.2. The van der Waals surface area contributed by atoms with Gasteiger partial charge in [0.25, 0.3) is 6.43 Å². The summed E-state index contributed by atoms with van der Waals surface area (Å²) in [4.78, 5) is 0. The monoisotopic (exact) mass is 460 g/mol. The van der Waals surface area contributed by atoms with Gasteiger partial charge in [0.2, 0.25) is 13.6 Å². The summed E-state index contributed by atoms with van der Waals surface area (Å²) in [6.45, 7) is 0. The van der Waals surface area contributed by atoms with Crippen molar-refractivity contribution in [1.82, 2.24) is 0 Å². The summed E-state index contributed by atoms with van der Waals surface area (Å²) in [5.41, 5.74) is 0. The summed E-state index contributed by atoms with van der Waals surface area (Å²) in [7, 11) is -3.46. The molecule has 0 aliphatic rings. The van der Waals surface area contributed by atoms with E-state index >= 15 is 0 Å². The lowest BCUT2D eigenvalue weighted by molar-refractivity contribution is -0.386. The summed E-state index contributed by atoms with van der Waals surface area (Å²) in [6.07, 6.45) is -18.9. The lowest BCUT2D eigenvalue weighted by Gasteiger charge is -2.39. The van der Waals surface area contributed by atoms with Crippen LogP contribution in [0.3, 0.4) is 0 Å². The minimum atomic E-state index is -7.44. The first-order valence-corrected chi connectivity index (χ1v) is 10.2. The first-order chi connectivity index (χ1) is 10.9. The third-order valence-electron chi connectivity index (χ3n) is 2.88. The van der Waals surface area contributed by atoms with Crippen LogP contribution in [0.4, 0.5) is 57.1 Å². The number of alkyl halides is 13. The van der Waals surface area contributed by atoms with Gasteiger partial charge in [0.1, 0.15) is 0 Å². The molecule has 0 aliphatic carbocycles. The van der Waals surface area contributed by atoms with Gasteiger partial charge in [-0.25, -0.2) is 22.0 Å². The summed E-state index contributed by atoms with van der Waals surface area (Å²) < 4.78 is 167. The van der Waals surface area contributed by atoms with Gasteiger partial charge in [0, 0.05) is 6.04 Å². The van der Waals surface area contributed by atoms with Crippen molar-refractivity contribution in [3.8, 4) is 0 Å². The number of hydrogen-bond donors (Lipinski definition) is 0. The highest BCUT2D eigenvalue weighted by molar-refractivity contribution is 7.33. The smallest absolute Gasteiger partial charge is 0.241 e. The van der Waals surface area contributed by atoms with Crippen molar-refractivity contribution < 1.29 is 57.1 Å². The summed E-state index contributed by atoms with van der Waals surface area (Å²) >= 11 is 9.83. The molecule has 0 nitrogen and oxygen atoms in total. The van der Waals surface area contributed by atoms with Crippen LogP contribution >= 0.6 is 22.2 Å². The Labute approximate surface area is 142 Å². The highest BCUT2D eigenvalue weighted by Gasteiger charge is 2.84. The van der Waals surface area contributed by atoms with E-state index < -0.39 is 62.1 Å². The van der Waals surface area contributed by atoms with Gasteiger partial charge in [-0.1, -0.05) is 0 Å². The van der Waals surface area contributed by atoms with E-state index in [2.05, 4.69) is 0 Å². The average molecular weight is 461 g/mol. The SMILES string of the molecule is FC(F)C(F)C(F)C(F)(F)C(F)(F)C(F)(F)C(F)(F)C(F)C[SiH](Cl)Cl. The zero-order valence-corrected chi connectivity index (χ0v) is 13.9. The third kappa shape index (κ3) is 4.42. The van der Waals surface area contributed by atoms with Gasteiger partial charge < -0.3 is 0 Å². The molecule has 0 fully saturated rings. The number of halogens is 15. The van der Waals surface area contributed by atoms with Gasteiger partial charge in [-0.3, -0.25) is 0 Å². The molecule has 0 aromatic heterocycles. The fourth-order valence-corrected chi connectivity index (χ4v) is 2.97. The van der Waals surface area contributed by atoms with Gasteiger partial charge in [0.15, 0.2) is 12.3 Å². The molecule has 16 heteroatoms. The maximum absolute atomic E-state index is 13.2. The second-order valence-electron chi connectivity index (χ2n) is 4.67. The molecule has 0 bridgehead atoms. The fourth-order valence-electron chi connectivity index (χ4n) is 1.42. The minimum absolute atomic E-state index is 1.78. The van der Waals surface area contributed by atoms with Crippen LogP contribution < -0.4 is 0 Å². The van der Waals surface area contributed by atoms with E-state index in [1.54, 1.807) is 0 Å². The molecule has 0 amide bonds. The van der Waals surface area contributed by atoms with E-state index in [9.17, 15) is 57.1 Å². The Kier molecular flexibility index (Phi) is 7.83. The second kappa shape index (κ2) is 7.86. The number of rotatable bonds is 9. The predicted molar refractivity (Wildman–Crippen MR) is 64.1 cm³/mol. The van der Waals surface area contributed by atoms with E-state index in [4.69, 9.17) is 22.2 Å². The lowest BCUT2D eigenvalue weighted by atomic mass is 9.92. The van der Waals surface area contributed by atoms with Gasteiger partial charge in [-0.05, 0) is 0 Å². The molecule has 0 heterocycles. The van der Waals surface area contributed by atoms with Crippen molar-refractivity contribution in [3.63, 3.8) is 0 Å². The van der Waals surface area contributed by atoms with Crippen LogP contribution in [0.2, 0.25) is 6.04 Å². The molecule has 0 radical (unpaired) electrons. The van der Waals surface area contributed by atoms with Crippen LogP contribution in [0.15, 0.2) is 0 Å². The largest absolute Gasteiger partial charge is 0.381 e. The Morgan fingerprint density at radius 1 is 0.680 bits per heavy atom. The van der Waals surface area contributed by atoms with Gasteiger partial charge >= 0.3 is 23.7 Å². The molecule has 0 N–H and O–H groups in total. The molecule has 0 aromatic carbocycles. The first kappa shape index (κ1) is 24.9. The van der Waals surface area contributed by atoms with Crippen molar-refractivity contribution in [2.45, 2.75) is 54.7 Å². The average Bonchev–Trinajstić information content (AvgIpc) is 2.43. The molecule has 3 atom stereocenters. The van der Waals surface area contributed by atoms with E-state index in [0.717, 1.165) is 0 Å². The Morgan fingerprint density at radius 3 is 1.36 bits per heavy atom. The molecular weight excluding hydrogens is 454 g/mol. The zero-order chi connectivity index (χ0) is 20.6. The summed E-state index contributed by atoms with van der Waals surface area (Å²) in [5, 5.41) is 0. The third-order valence-corrected chi connectivity index (χ3v) is 4.72. The maximum Gasteiger partial charge on any atom is 0.381 e. The molecule has 0 rings (SSSR count). The summed E-state index contributed by atoms with van der Waals surface area (Å²) in [6, 6.07) is -1.78. The van der Waals surface area contributed by atoms with Crippen LogP contribution in [0.5, 0.6) is 0 Å².